The van der Waals surface area contributed by atoms with Gasteiger partial charge >= 0.3 is 0 Å². The molecule has 1 N–H and O–H groups in total. The van der Waals surface area contributed by atoms with Crippen LogP contribution >= 0.6 is 27.7 Å². The summed E-state index contributed by atoms with van der Waals surface area (Å²) in [6.07, 6.45) is 5.52. The van der Waals surface area contributed by atoms with Gasteiger partial charge in [0.1, 0.15) is 0 Å². The van der Waals surface area contributed by atoms with Crippen LogP contribution in [-0.4, -0.2) is 17.7 Å². The number of nitrogens with one attached hydrogen (secondary N) is 1. The third kappa shape index (κ3) is 3.70. The van der Waals surface area contributed by atoms with Crippen molar-refractivity contribution < 1.29 is 4.79 Å². The Bertz CT molecular complexity index is 562. The highest BCUT2D eigenvalue weighted by molar-refractivity contribution is 9.10. The van der Waals surface area contributed by atoms with E-state index < -0.39 is 0 Å². The molecule has 0 heterocycles. The molecule has 4 atom stereocenters. The SMILES string of the molecule is Cc1cc(Br)ccc1SCC(=O)NC(C)C1CC2CCC1C2. The van der Waals surface area contributed by atoms with E-state index in [1.54, 1.807) is 11.8 Å². The van der Waals surface area contributed by atoms with E-state index in [9.17, 15) is 4.79 Å². The molecule has 1 aromatic rings. The fourth-order valence-electron chi connectivity index (χ4n) is 4.23. The number of aryl methyl sites for hydroxylation is 1. The molecule has 1 amide bonds. The molecule has 22 heavy (non-hydrogen) atoms. The Morgan fingerprint density at radius 3 is 2.86 bits per heavy atom. The summed E-state index contributed by atoms with van der Waals surface area (Å²) in [4.78, 5) is 13.4. The van der Waals surface area contributed by atoms with Crippen LogP contribution in [0.4, 0.5) is 0 Å². The standard InChI is InChI=1S/C18H24BrNOS/c1-11-7-15(19)5-6-17(11)22-10-18(21)20-12(2)16-9-13-3-4-14(16)8-13/h5-7,12-14,16H,3-4,8-10H2,1-2H3,(H,20,21). The van der Waals surface area contributed by atoms with Crippen LogP contribution in [0.15, 0.2) is 27.6 Å². The zero-order chi connectivity index (χ0) is 15.7. The number of thioether (sulfide) groups is 1. The molecule has 0 radical (unpaired) electrons. The Balaban J connectivity index is 1.48. The van der Waals surface area contributed by atoms with Gasteiger partial charge in [-0.1, -0.05) is 22.4 Å². The number of carbonyl (C=O) groups is 1. The summed E-state index contributed by atoms with van der Waals surface area (Å²) in [7, 11) is 0. The molecule has 2 fully saturated rings. The average molecular weight is 382 g/mol. The van der Waals surface area contributed by atoms with Gasteiger partial charge in [-0.3, -0.25) is 4.79 Å². The van der Waals surface area contributed by atoms with Gasteiger partial charge in [0.2, 0.25) is 5.91 Å². The number of hydrogen-bond donors (Lipinski definition) is 1. The monoisotopic (exact) mass is 381 g/mol. The van der Waals surface area contributed by atoms with Crippen molar-refractivity contribution in [3.63, 3.8) is 0 Å². The first-order valence-corrected chi connectivity index (χ1v) is 9.99. The predicted octanol–water partition coefficient (Wildman–Crippen LogP) is 4.79. The van der Waals surface area contributed by atoms with Crippen LogP contribution in [-0.2, 0) is 4.79 Å². The van der Waals surface area contributed by atoms with Gasteiger partial charge < -0.3 is 5.32 Å². The molecule has 0 saturated heterocycles. The van der Waals surface area contributed by atoms with Crippen LogP contribution < -0.4 is 5.32 Å². The lowest BCUT2D eigenvalue weighted by atomic mass is 9.84. The molecule has 2 nitrogen and oxygen atoms in total. The summed E-state index contributed by atoms with van der Waals surface area (Å²) in [6.45, 7) is 4.28. The van der Waals surface area contributed by atoms with Gasteiger partial charge in [0.25, 0.3) is 0 Å². The van der Waals surface area contributed by atoms with Gasteiger partial charge in [-0.05, 0) is 74.6 Å². The van der Waals surface area contributed by atoms with E-state index in [1.165, 1.54) is 36.1 Å². The highest BCUT2D eigenvalue weighted by Crippen LogP contribution is 2.49. The molecule has 0 spiro atoms. The molecule has 2 saturated carbocycles. The molecular weight excluding hydrogens is 358 g/mol. The lowest BCUT2D eigenvalue weighted by molar-refractivity contribution is -0.119. The summed E-state index contributed by atoms with van der Waals surface area (Å²) in [6, 6.07) is 6.54. The first-order valence-electron chi connectivity index (χ1n) is 8.21. The molecule has 0 aliphatic heterocycles. The van der Waals surface area contributed by atoms with Crippen molar-refractivity contribution in [3.8, 4) is 0 Å². The highest BCUT2D eigenvalue weighted by atomic mass is 79.9. The maximum Gasteiger partial charge on any atom is 0.230 e. The fraction of sp³-hybridized carbons (Fsp3) is 0.611. The van der Waals surface area contributed by atoms with Gasteiger partial charge in [-0.2, -0.15) is 0 Å². The normalized spacial score (nSPS) is 27.9. The van der Waals surface area contributed by atoms with Crippen molar-refractivity contribution in [1.29, 1.82) is 0 Å². The van der Waals surface area contributed by atoms with Gasteiger partial charge in [0, 0.05) is 15.4 Å². The second-order valence-electron chi connectivity index (χ2n) is 6.89. The highest BCUT2D eigenvalue weighted by Gasteiger charge is 2.42. The van der Waals surface area contributed by atoms with Crippen molar-refractivity contribution >= 4 is 33.6 Å². The van der Waals surface area contributed by atoms with Crippen LogP contribution in [0.1, 0.15) is 38.2 Å². The number of amides is 1. The quantitative estimate of drug-likeness (QED) is 0.742. The Morgan fingerprint density at radius 1 is 1.41 bits per heavy atom. The number of halogens is 1. The summed E-state index contributed by atoms with van der Waals surface area (Å²) in [5, 5.41) is 3.24. The summed E-state index contributed by atoms with van der Waals surface area (Å²) < 4.78 is 1.09. The minimum atomic E-state index is 0.169. The Morgan fingerprint density at radius 2 is 2.23 bits per heavy atom. The summed E-state index contributed by atoms with van der Waals surface area (Å²) in [5.74, 6) is 3.19. The number of carbonyl (C=O) groups excluding carboxylic acids is 1. The third-order valence-corrected chi connectivity index (χ3v) is 6.99. The second-order valence-corrected chi connectivity index (χ2v) is 8.83. The van der Waals surface area contributed by atoms with Crippen LogP contribution in [0.3, 0.4) is 0 Å². The first kappa shape index (κ1) is 16.4. The van der Waals surface area contributed by atoms with Crippen molar-refractivity contribution in [2.75, 3.05) is 5.75 Å². The topological polar surface area (TPSA) is 29.1 Å². The van der Waals surface area contributed by atoms with Gasteiger partial charge in [-0.25, -0.2) is 0 Å². The average Bonchev–Trinajstić information content (AvgIpc) is 3.09. The van der Waals surface area contributed by atoms with Gasteiger partial charge in [-0.15, -0.1) is 11.8 Å². The van der Waals surface area contributed by atoms with Crippen molar-refractivity contribution in [2.24, 2.45) is 17.8 Å². The molecule has 1 aromatic carbocycles. The lowest BCUT2D eigenvalue weighted by Crippen LogP contribution is -2.40. The van der Waals surface area contributed by atoms with E-state index in [2.05, 4.69) is 47.2 Å². The predicted molar refractivity (Wildman–Crippen MR) is 96.1 cm³/mol. The van der Waals surface area contributed by atoms with Crippen LogP contribution in [0.5, 0.6) is 0 Å². The minimum Gasteiger partial charge on any atom is -0.353 e. The smallest absolute Gasteiger partial charge is 0.230 e. The maximum absolute atomic E-state index is 12.2. The zero-order valence-electron chi connectivity index (χ0n) is 13.3. The van der Waals surface area contributed by atoms with E-state index in [1.807, 2.05) is 6.07 Å². The largest absolute Gasteiger partial charge is 0.353 e. The van der Waals surface area contributed by atoms with Gasteiger partial charge in [0.15, 0.2) is 0 Å². The van der Waals surface area contributed by atoms with E-state index in [0.29, 0.717) is 17.7 Å². The minimum absolute atomic E-state index is 0.169. The molecule has 0 aromatic heterocycles. The molecule has 3 rings (SSSR count). The maximum atomic E-state index is 12.2. The molecule has 2 aliphatic rings. The fourth-order valence-corrected chi connectivity index (χ4v) is 5.52. The van der Waals surface area contributed by atoms with Crippen molar-refractivity contribution in [3.05, 3.63) is 28.2 Å². The van der Waals surface area contributed by atoms with Crippen molar-refractivity contribution in [2.45, 2.75) is 50.5 Å². The van der Waals surface area contributed by atoms with Crippen LogP contribution in [0.25, 0.3) is 0 Å². The summed E-state index contributed by atoms with van der Waals surface area (Å²) in [5.41, 5.74) is 1.22. The van der Waals surface area contributed by atoms with E-state index in [0.717, 1.165) is 16.3 Å². The molecule has 2 bridgehead atoms. The third-order valence-electron chi connectivity index (χ3n) is 5.32. The molecule has 2 aliphatic carbocycles. The lowest BCUT2D eigenvalue weighted by Gasteiger charge is -2.28. The van der Waals surface area contributed by atoms with Gasteiger partial charge in [0.05, 0.1) is 5.75 Å². The first-order chi connectivity index (χ1) is 10.5. The number of benzene rings is 1. The van der Waals surface area contributed by atoms with Crippen molar-refractivity contribution in [1.82, 2.24) is 5.32 Å². The van der Waals surface area contributed by atoms with E-state index in [4.69, 9.17) is 0 Å². The Hall–Kier alpha value is -0.480. The van der Waals surface area contributed by atoms with Crippen LogP contribution in [0, 0.1) is 24.7 Å². The zero-order valence-corrected chi connectivity index (χ0v) is 15.7. The number of hydrogen-bond acceptors (Lipinski definition) is 2. The molecule has 120 valence electrons. The molecule has 4 heteroatoms. The van der Waals surface area contributed by atoms with E-state index >= 15 is 0 Å². The van der Waals surface area contributed by atoms with E-state index in [-0.39, 0.29) is 5.91 Å². The Kier molecular flexibility index (Phi) is 5.18. The number of fused-ring (bicyclic) bond motifs is 2. The number of rotatable bonds is 5. The Labute approximate surface area is 146 Å². The second kappa shape index (κ2) is 6.96. The molecule has 4 unspecified atom stereocenters. The molecular formula is C18H24BrNOS. The van der Waals surface area contributed by atoms with Crippen LogP contribution in [0.2, 0.25) is 0 Å². The summed E-state index contributed by atoms with van der Waals surface area (Å²) >= 11 is 5.10.